The molecule has 1 heterocycles. The Kier molecular flexibility index (Phi) is 6.68. The van der Waals surface area contributed by atoms with Crippen molar-refractivity contribution in [3.8, 4) is 34.4 Å². The number of aromatic nitrogens is 1. The van der Waals surface area contributed by atoms with Gasteiger partial charge in [-0.3, -0.25) is 0 Å². The van der Waals surface area contributed by atoms with Gasteiger partial charge in [-0.25, -0.2) is 0 Å². The number of benzene rings is 1. The first-order valence-corrected chi connectivity index (χ1v) is 9.94. The highest BCUT2D eigenvalue weighted by molar-refractivity contribution is 5.82. The molecule has 156 valence electrons. The van der Waals surface area contributed by atoms with Crippen molar-refractivity contribution in [2.75, 3.05) is 27.9 Å². The van der Waals surface area contributed by atoms with Crippen LogP contribution in [0.5, 0.6) is 17.2 Å². The normalized spacial score (nSPS) is 14.3. The molecule has 2 aromatic rings. The van der Waals surface area contributed by atoms with Crippen LogP contribution in [0.15, 0.2) is 12.1 Å². The van der Waals surface area contributed by atoms with Crippen molar-refractivity contribution in [2.45, 2.75) is 38.8 Å². The summed E-state index contributed by atoms with van der Waals surface area (Å²) < 4.78 is 16.6. The SMILES string of the molecule is CCCNCc1[nH]c(C#N)c(C(O)C2CC2)c1-c1ccc(OC)c(OC)c1OC. The zero-order chi connectivity index (χ0) is 21.0. The van der Waals surface area contributed by atoms with Gasteiger partial charge in [-0.05, 0) is 43.9 Å². The average Bonchev–Trinajstić information content (AvgIpc) is 3.53. The monoisotopic (exact) mass is 399 g/mol. The van der Waals surface area contributed by atoms with Gasteiger partial charge in [0.15, 0.2) is 11.5 Å². The van der Waals surface area contributed by atoms with Crippen LogP contribution in [-0.2, 0) is 6.54 Å². The number of methoxy groups -OCH3 is 3. The van der Waals surface area contributed by atoms with Crippen LogP contribution >= 0.6 is 0 Å². The van der Waals surface area contributed by atoms with Gasteiger partial charge in [-0.15, -0.1) is 0 Å². The minimum atomic E-state index is -0.700. The van der Waals surface area contributed by atoms with Crippen molar-refractivity contribution < 1.29 is 19.3 Å². The lowest BCUT2D eigenvalue weighted by molar-refractivity contribution is 0.154. The van der Waals surface area contributed by atoms with E-state index >= 15 is 0 Å². The molecular formula is C22H29N3O4. The Hall–Kier alpha value is -2.69. The molecule has 1 aromatic carbocycles. The molecule has 29 heavy (non-hydrogen) atoms. The zero-order valence-corrected chi connectivity index (χ0v) is 17.5. The molecule has 1 saturated carbocycles. The summed E-state index contributed by atoms with van der Waals surface area (Å²) in [7, 11) is 4.71. The minimum Gasteiger partial charge on any atom is -0.493 e. The van der Waals surface area contributed by atoms with E-state index in [0.29, 0.717) is 35.1 Å². The van der Waals surface area contributed by atoms with Gasteiger partial charge < -0.3 is 29.6 Å². The van der Waals surface area contributed by atoms with Gasteiger partial charge in [0, 0.05) is 28.9 Å². The molecule has 3 rings (SSSR count). The van der Waals surface area contributed by atoms with E-state index in [1.165, 1.54) is 0 Å². The number of nitriles is 1. The highest BCUT2D eigenvalue weighted by Crippen LogP contribution is 2.50. The number of hydrogen-bond acceptors (Lipinski definition) is 6. The smallest absolute Gasteiger partial charge is 0.203 e. The summed E-state index contributed by atoms with van der Waals surface area (Å²) in [5, 5.41) is 24.1. The quantitative estimate of drug-likeness (QED) is 0.529. The lowest BCUT2D eigenvalue weighted by atomic mass is 9.93. The molecule has 7 nitrogen and oxygen atoms in total. The molecule has 1 atom stereocenters. The summed E-state index contributed by atoms with van der Waals surface area (Å²) in [6.45, 7) is 3.50. The van der Waals surface area contributed by atoms with E-state index in [2.05, 4.69) is 23.3 Å². The van der Waals surface area contributed by atoms with Crippen molar-refractivity contribution in [1.29, 1.82) is 5.26 Å². The third kappa shape index (κ3) is 4.04. The second-order valence-corrected chi connectivity index (χ2v) is 7.22. The van der Waals surface area contributed by atoms with Crippen molar-refractivity contribution in [3.05, 3.63) is 29.1 Å². The number of aliphatic hydroxyl groups excluding tert-OH is 1. The van der Waals surface area contributed by atoms with Crippen LogP contribution in [0.4, 0.5) is 0 Å². The highest BCUT2D eigenvalue weighted by Gasteiger charge is 2.36. The standard InChI is InChI=1S/C22H29N3O4/c1-5-10-24-12-16-18(19(15(11-23)25-16)20(26)13-6-7-13)14-8-9-17(27-2)22(29-4)21(14)28-3/h8-9,13,20,24-26H,5-7,10,12H2,1-4H3. The number of nitrogens with one attached hydrogen (secondary N) is 2. The lowest BCUT2D eigenvalue weighted by Gasteiger charge is -2.19. The fourth-order valence-electron chi connectivity index (χ4n) is 3.73. The maximum atomic E-state index is 11.0. The van der Waals surface area contributed by atoms with E-state index in [0.717, 1.165) is 42.6 Å². The molecule has 0 aliphatic heterocycles. The van der Waals surface area contributed by atoms with E-state index in [-0.39, 0.29) is 5.92 Å². The van der Waals surface area contributed by atoms with Gasteiger partial charge in [0.05, 0.1) is 27.4 Å². The topological polar surface area (TPSA) is 99.5 Å². The second-order valence-electron chi connectivity index (χ2n) is 7.22. The molecule has 1 fully saturated rings. The molecule has 1 aliphatic rings. The van der Waals surface area contributed by atoms with Crippen molar-refractivity contribution in [2.24, 2.45) is 5.92 Å². The first-order valence-electron chi connectivity index (χ1n) is 9.94. The van der Waals surface area contributed by atoms with Crippen LogP contribution in [0.25, 0.3) is 11.1 Å². The van der Waals surface area contributed by atoms with Crippen molar-refractivity contribution in [3.63, 3.8) is 0 Å². The van der Waals surface area contributed by atoms with Gasteiger partial charge in [-0.2, -0.15) is 5.26 Å². The molecule has 0 amide bonds. The third-order valence-corrected chi connectivity index (χ3v) is 5.29. The zero-order valence-electron chi connectivity index (χ0n) is 17.5. The summed E-state index contributed by atoms with van der Waals surface area (Å²) in [4.78, 5) is 3.23. The van der Waals surface area contributed by atoms with Gasteiger partial charge in [0.1, 0.15) is 11.8 Å². The van der Waals surface area contributed by atoms with E-state index in [4.69, 9.17) is 14.2 Å². The number of hydrogen-bond donors (Lipinski definition) is 3. The molecule has 0 radical (unpaired) electrons. The predicted octanol–water partition coefficient (Wildman–Crippen LogP) is 3.52. The van der Waals surface area contributed by atoms with Crippen LogP contribution < -0.4 is 19.5 Å². The maximum absolute atomic E-state index is 11.0. The van der Waals surface area contributed by atoms with Crippen LogP contribution in [0.2, 0.25) is 0 Å². The fraction of sp³-hybridized carbons (Fsp3) is 0.500. The molecule has 7 heteroatoms. The Morgan fingerprint density at radius 1 is 1.21 bits per heavy atom. The Bertz CT molecular complexity index is 896. The van der Waals surface area contributed by atoms with E-state index < -0.39 is 6.10 Å². The number of rotatable bonds is 10. The Balaban J connectivity index is 2.23. The second kappa shape index (κ2) is 9.21. The van der Waals surface area contributed by atoms with E-state index in [1.807, 2.05) is 12.1 Å². The molecular weight excluding hydrogens is 370 g/mol. The van der Waals surface area contributed by atoms with Crippen molar-refractivity contribution >= 4 is 0 Å². The molecule has 1 aliphatic carbocycles. The van der Waals surface area contributed by atoms with Crippen molar-refractivity contribution in [1.82, 2.24) is 10.3 Å². The summed E-state index contributed by atoms with van der Waals surface area (Å²) >= 11 is 0. The van der Waals surface area contributed by atoms with E-state index in [1.54, 1.807) is 21.3 Å². The summed E-state index contributed by atoms with van der Waals surface area (Å²) in [6.07, 6.45) is 2.22. The number of nitrogens with zero attached hydrogens (tertiary/aromatic N) is 1. The summed E-state index contributed by atoms with van der Waals surface area (Å²) in [5.74, 6) is 1.72. The third-order valence-electron chi connectivity index (χ3n) is 5.29. The molecule has 3 N–H and O–H groups in total. The molecule has 0 bridgehead atoms. The van der Waals surface area contributed by atoms with Gasteiger partial charge >= 0.3 is 0 Å². The van der Waals surface area contributed by atoms with Crippen LogP contribution in [0.3, 0.4) is 0 Å². The maximum Gasteiger partial charge on any atom is 0.203 e. The Morgan fingerprint density at radius 2 is 1.93 bits per heavy atom. The summed E-state index contributed by atoms with van der Waals surface area (Å²) in [6, 6.07) is 5.93. The van der Waals surface area contributed by atoms with E-state index in [9.17, 15) is 10.4 Å². The highest BCUT2D eigenvalue weighted by atomic mass is 16.5. The van der Waals surface area contributed by atoms with Crippen LogP contribution in [-0.4, -0.2) is 38.0 Å². The number of aliphatic hydroxyl groups is 1. The molecule has 0 saturated heterocycles. The minimum absolute atomic E-state index is 0.180. The number of H-pyrrole nitrogens is 1. The largest absolute Gasteiger partial charge is 0.493 e. The summed E-state index contributed by atoms with van der Waals surface area (Å²) in [5.41, 5.74) is 3.42. The Labute approximate surface area is 171 Å². The van der Waals surface area contributed by atoms with Gasteiger partial charge in [0.2, 0.25) is 5.75 Å². The molecule has 1 aromatic heterocycles. The molecule has 1 unspecified atom stereocenters. The molecule has 0 spiro atoms. The average molecular weight is 399 g/mol. The fourth-order valence-corrected chi connectivity index (χ4v) is 3.73. The number of aromatic amines is 1. The van der Waals surface area contributed by atoms with Crippen LogP contribution in [0.1, 0.15) is 49.2 Å². The first-order chi connectivity index (χ1) is 14.1. The van der Waals surface area contributed by atoms with Gasteiger partial charge in [-0.1, -0.05) is 6.92 Å². The van der Waals surface area contributed by atoms with Gasteiger partial charge in [0.25, 0.3) is 0 Å². The van der Waals surface area contributed by atoms with Crippen LogP contribution in [0, 0.1) is 17.2 Å². The number of ether oxygens (including phenoxy) is 3. The first kappa shape index (κ1) is 21.0. The Morgan fingerprint density at radius 3 is 2.48 bits per heavy atom. The predicted molar refractivity (Wildman–Crippen MR) is 110 cm³/mol. The lowest BCUT2D eigenvalue weighted by Crippen LogP contribution is -2.15.